The van der Waals surface area contributed by atoms with E-state index in [-0.39, 0.29) is 45.9 Å². The second kappa shape index (κ2) is 9.65. The second-order valence-corrected chi connectivity index (χ2v) is 7.85. The first-order chi connectivity index (χ1) is 14.5. The second-order valence-electron chi connectivity index (χ2n) is 7.85. The van der Waals surface area contributed by atoms with Crippen LogP contribution in [0.25, 0.3) is 11.1 Å². The number of nitro benzene ring substituents is 1. The summed E-state index contributed by atoms with van der Waals surface area (Å²) in [6, 6.07) is 5.45. The number of carboxylic acid groups (broad SMARTS) is 1. The minimum atomic E-state index is -1.30. The summed E-state index contributed by atoms with van der Waals surface area (Å²) in [6.45, 7) is 6.55. The Hall–Kier alpha value is -3.33. The number of carboxylic acids is 1. The van der Waals surface area contributed by atoms with Crippen LogP contribution in [0, 0.1) is 24.0 Å². The van der Waals surface area contributed by atoms with Crippen molar-refractivity contribution in [3.8, 4) is 11.1 Å². The lowest BCUT2D eigenvalue weighted by atomic mass is 9.92. The number of hydrogen-bond acceptors (Lipinski definition) is 7. The zero-order valence-electron chi connectivity index (χ0n) is 18.0. The summed E-state index contributed by atoms with van der Waals surface area (Å²) < 4.78 is 5.68. The number of hydrogen-bond donors (Lipinski definition) is 2. The zero-order valence-corrected chi connectivity index (χ0v) is 18.0. The first kappa shape index (κ1) is 23.9. The van der Waals surface area contributed by atoms with Crippen molar-refractivity contribution in [2.45, 2.75) is 52.6 Å². The normalized spacial score (nSPS) is 11.3. The maximum absolute atomic E-state index is 13.2. The molecule has 1 heterocycles. The number of aromatic nitrogens is 1. The molecule has 2 N–H and O–H groups in total. The summed E-state index contributed by atoms with van der Waals surface area (Å²) in [6.07, 6.45) is 1.70. The standard InChI is InChI=1S/C22H26N2O7/c1-13-17(20(26)27)19(15-8-7-9-16(12-15)24(29)30)18(14(2)23-13)21(28)31-22(3,4)10-5-6-11-25/h7-9,12,25H,5-6,10-11H2,1-4H3,(H,26,27). The summed E-state index contributed by atoms with van der Waals surface area (Å²) >= 11 is 0. The van der Waals surface area contributed by atoms with E-state index in [2.05, 4.69) is 4.98 Å². The highest BCUT2D eigenvalue weighted by atomic mass is 16.6. The van der Waals surface area contributed by atoms with Gasteiger partial charge in [-0.15, -0.1) is 0 Å². The maximum atomic E-state index is 13.2. The number of esters is 1. The molecule has 0 amide bonds. The lowest BCUT2D eigenvalue weighted by molar-refractivity contribution is -0.384. The molecule has 0 aliphatic heterocycles. The molecule has 0 fully saturated rings. The quantitative estimate of drug-likeness (QED) is 0.263. The fraction of sp³-hybridized carbons (Fsp3) is 0.409. The minimum Gasteiger partial charge on any atom is -0.478 e. The van der Waals surface area contributed by atoms with Crippen molar-refractivity contribution in [3.05, 3.63) is 56.9 Å². The fourth-order valence-electron chi connectivity index (χ4n) is 3.44. The van der Waals surface area contributed by atoms with Gasteiger partial charge < -0.3 is 14.9 Å². The van der Waals surface area contributed by atoms with Gasteiger partial charge in [0.05, 0.1) is 27.4 Å². The number of non-ortho nitro benzene ring substituents is 1. The van der Waals surface area contributed by atoms with Crippen LogP contribution in [0.4, 0.5) is 5.69 Å². The SMILES string of the molecule is Cc1nc(C)c(C(=O)OC(C)(C)CCCCO)c(-c2cccc([N+](=O)[O-])c2)c1C(=O)O. The van der Waals surface area contributed by atoms with Gasteiger partial charge in [-0.3, -0.25) is 15.1 Å². The average molecular weight is 430 g/mol. The molecule has 0 saturated carbocycles. The third kappa shape index (κ3) is 5.64. The van der Waals surface area contributed by atoms with Crippen LogP contribution in [0.2, 0.25) is 0 Å². The molecule has 0 aliphatic rings. The summed E-state index contributed by atoms with van der Waals surface area (Å²) in [5.74, 6) is -2.06. The first-order valence-corrected chi connectivity index (χ1v) is 9.82. The monoisotopic (exact) mass is 430 g/mol. The molecule has 2 rings (SSSR count). The highest BCUT2D eigenvalue weighted by molar-refractivity contribution is 6.06. The van der Waals surface area contributed by atoms with Crippen LogP contribution in [0.5, 0.6) is 0 Å². The van der Waals surface area contributed by atoms with Gasteiger partial charge in [-0.25, -0.2) is 9.59 Å². The number of ether oxygens (including phenoxy) is 1. The number of carbonyl (C=O) groups is 2. The van der Waals surface area contributed by atoms with Crippen molar-refractivity contribution in [1.29, 1.82) is 0 Å². The van der Waals surface area contributed by atoms with Gasteiger partial charge in [0.2, 0.25) is 0 Å². The average Bonchev–Trinajstić information content (AvgIpc) is 2.66. The molecule has 9 nitrogen and oxygen atoms in total. The van der Waals surface area contributed by atoms with Gasteiger partial charge in [0, 0.05) is 24.3 Å². The van der Waals surface area contributed by atoms with Gasteiger partial charge in [0.15, 0.2) is 0 Å². The van der Waals surface area contributed by atoms with E-state index in [0.29, 0.717) is 19.3 Å². The number of aliphatic hydroxyl groups excluding tert-OH is 1. The Labute approximate surface area is 179 Å². The lowest BCUT2D eigenvalue weighted by Crippen LogP contribution is -2.29. The Balaban J connectivity index is 2.66. The Bertz CT molecular complexity index is 1020. The number of rotatable bonds is 9. The molecule has 0 radical (unpaired) electrons. The molecular formula is C22H26N2O7. The first-order valence-electron chi connectivity index (χ1n) is 9.82. The lowest BCUT2D eigenvalue weighted by Gasteiger charge is -2.26. The van der Waals surface area contributed by atoms with E-state index in [0.717, 1.165) is 0 Å². The number of carbonyl (C=O) groups excluding carboxylic acids is 1. The summed E-state index contributed by atoms with van der Waals surface area (Å²) in [5, 5.41) is 30.0. The number of unbranched alkanes of at least 4 members (excludes halogenated alkanes) is 1. The van der Waals surface area contributed by atoms with Gasteiger partial charge in [0.25, 0.3) is 5.69 Å². The topological polar surface area (TPSA) is 140 Å². The third-order valence-electron chi connectivity index (χ3n) is 4.88. The molecule has 166 valence electrons. The molecule has 0 spiro atoms. The largest absolute Gasteiger partial charge is 0.478 e. The molecule has 2 aromatic rings. The molecule has 0 saturated heterocycles. The molecule has 31 heavy (non-hydrogen) atoms. The molecule has 9 heteroatoms. The Morgan fingerprint density at radius 2 is 1.81 bits per heavy atom. The van der Waals surface area contributed by atoms with Crippen LogP contribution in [0.3, 0.4) is 0 Å². The highest BCUT2D eigenvalue weighted by Gasteiger charge is 2.31. The van der Waals surface area contributed by atoms with Crippen molar-refractivity contribution < 1.29 is 29.5 Å². The number of nitrogens with zero attached hydrogens (tertiary/aromatic N) is 2. The summed E-state index contributed by atoms with van der Waals surface area (Å²) in [7, 11) is 0. The number of aryl methyl sites for hydroxylation is 2. The minimum absolute atomic E-state index is 0.0317. The highest BCUT2D eigenvalue weighted by Crippen LogP contribution is 2.34. The summed E-state index contributed by atoms with van der Waals surface area (Å²) in [5.41, 5.74) is -0.653. The predicted octanol–water partition coefficient (Wildman–Crippen LogP) is 4.07. The van der Waals surface area contributed by atoms with E-state index in [9.17, 15) is 24.8 Å². The zero-order chi connectivity index (χ0) is 23.3. The van der Waals surface area contributed by atoms with Gasteiger partial charge in [-0.1, -0.05) is 12.1 Å². The maximum Gasteiger partial charge on any atom is 0.341 e. The number of aromatic carboxylic acids is 1. The Morgan fingerprint density at radius 1 is 1.16 bits per heavy atom. The van der Waals surface area contributed by atoms with Gasteiger partial charge in [0.1, 0.15) is 5.60 Å². The Morgan fingerprint density at radius 3 is 2.39 bits per heavy atom. The molecule has 0 aliphatic carbocycles. The fourth-order valence-corrected chi connectivity index (χ4v) is 3.44. The molecular weight excluding hydrogens is 404 g/mol. The van der Waals surface area contributed by atoms with Gasteiger partial charge >= 0.3 is 11.9 Å². The predicted molar refractivity (Wildman–Crippen MR) is 113 cm³/mol. The molecule has 0 bridgehead atoms. The van der Waals surface area contributed by atoms with Crippen molar-refractivity contribution in [2.75, 3.05) is 6.61 Å². The van der Waals surface area contributed by atoms with Crippen LogP contribution in [0.1, 0.15) is 65.2 Å². The van der Waals surface area contributed by atoms with Crippen molar-refractivity contribution in [1.82, 2.24) is 4.98 Å². The van der Waals surface area contributed by atoms with Crippen molar-refractivity contribution in [2.24, 2.45) is 0 Å². The van der Waals surface area contributed by atoms with E-state index >= 15 is 0 Å². The molecule has 0 atom stereocenters. The number of nitro groups is 1. The van der Waals surface area contributed by atoms with Crippen LogP contribution in [-0.4, -0.2) is 44.3 Å². The molecule has 1 aromatic carbocycles. The van der Waals surface area contributed by atoms with E-state index in [1.165, 1.54) is 31.2 Å². The number of benzene rings is 1. The smallest absolute Gasteiger partial charge is 0.341 e. The molecule has 0 unspecified atom stereocenters. The van der Waals surface area contributed by atoms with Gasteiger partial charge in [-0.05, 0) is 52.5 Å². The van der Waals surface area contributed by atoms with Crippen LogP contribution < -0.4 is 0 Å². The van der Waals surface area contributed by atoms with Crippen LogP contribution in [-0.2, 0) is 4.74 Å². The summed E-state index contributed by atoms with van der Waals surface area (Å²) in [4.78, 5) is 40.1. The van der Waals surface area contributed by atoms with Crippen LogP contribution >= 0.6 is 0 Å². The van der Waals surface area contributed by atoms with E-state index in [1.807, 2.05) is 0 Å². The number of aliphatic hydroxyl groups is 1. The Kier molecular flexibility index (Phi) is 7.46. The van der Waals surface area contributed by atoms with E-state index in [4.69, 9.17) is 9.84 Å². The number of pyridine rings is 1. The van der Waals surface area contributed by atoms with Crippen molar-refractivity contribution in [3.63, 3.8) is 0 Å². The van der Waals surface area contributed by atoms with Crippen LogP contribution in [0.15, 0.2) is 24.3 Å². The third-order valence-corrected chi connectivity index (χ3v) is 4.88. The molecule has 1 aromatic heterocycles. The van der Waals surface area contributed by atoms with Crippen molar-refractivity contribution >= 4 is 17.6 Å². The van der Waals surface area contributed by atoms with E-state index in [1.54, 1.807) is 20.8 Å². The van der Waals surface area contributed by atoms with Gasteiger partial charge in [-0.2, -0.15) is 0 Å². The van der Waals surface area contributed by atoms with E-state index < -0.39 is 22.5 Å².